The molecule has 124 valence electrons. The van der Waals surface area contributed by atoms with Crippen LogP contribution in [0.1, 0.15) is 37.4 Å². The predicted octanol–water partition coefficient (Wildman–Crippen LogP) is 2.74. The number of pyridine rings is 1. The lowest BCUT2D eigenvalue weighted by molar-refractivity contribution is 0.423. The van der Waals surface area contributed by atoms with Crippen LogP contribution in [0.3, 0.4) is 0 Å². The van der Waals surface area contributed by atoms with E-state index in [-0.39, 0.29) is 5.56 Å². The van der Waals surface area contributed by atoms with Crippen molar-refractivity contribution in [3.8, 4) is 0 Å². The first-order chi connectivity index (χ1) is 11.7. The molecule has 1 aliphatic carbocycles. The van der Waals surface area contributed by atoms with Gasteiger partial charge in [0.2, 0.25) is 5.16 Å². The van der Waals surface area contributed by atoms with Gasteiger partial charge in [0.05, 0.1) is 16.8 Å². The van der Waals surface area contributed by atoms with Crippen molar-refractivity contribution in [3.05, 3.63) is 45.5 Å². The van der Waals surface area contributed by atoms with Crippen LogP contribution in [0.25, 0.3) is 5.65 Å². The SMILES string of the molecule is O=c1cc(CSc2nnnn2C2CCCC2)nc2ccc(Cl)cn12. The molecule has 1 aliphatic rings. The van der Waals surface area contributed by atoms with Gasteiger partial charge in [-0.2, -0.15) is 0 Å². The van der Waals surface area contributed by atoms with Crippen LogP contribution in [-0.4, -0.2) is 29.6 Å². The van der Waals surface area contributed by atoms with Gasteiger partial charge in [0, 0.05) is 18.0 Å². The summed E-state index contributed by atoms with van der Waals surface area (Å²) >= 11 is 7.43. The number of aromatic nitrogens is 6. The Hall–Kier alpha value is -1.93. The zero-order valence-corrected chi connectivity index (χ0v) is 14.4. The average molecular weight is 363 g/mol. The Balaban J connectivity index is 1.56. The van der Waals surface area contributed by atoms with Crippen molar-refractivity contribution in [2.75, 3.05) is 0 Å². The molecule has 4 rings (SSSR count). The van der Waals surface area contributed by atoms with Gasteiger partial charge in [-0.25, -0.2) is 9.67 Å². The lowest BCUT2D eigenvalue weighted by atomic mass is 10.3. The van der Waals surface area contributed by atoms with E-state index in [1.54, 1.807) is 18.3 Å². The minimum atomic E-state index is -0.145. The van der Waals surface area contributed by atoms with Gasteiger partial charge in [0.1, 0.15) is 5.65 Å². The fourth-order valence-corrected chi connectivity index (χ4v) is 3.99. The number of hydrogen-bond donors (Lipinski definition) is 0. The summed E-state index contributed by atoms with van der Waals surface area (Å²) in [5.74, 6) is 0.543. The van der Waals surface area contributed by atoms with E-state index < -0.39 is 0 Å². The van der Waals surface area contributed by atoms with Crippen LogP contribution in [0.5, 0.6) is 0 Å². The van der Waals surface area contributed by atoms with Gasteiger partial charge < -0.3 is 0 Å². The van der Waals surface area contributed by atoms with Gasteiger partial charge in [0.15, 0.2) is 0 Å². The lowest BCUT2D eigenvalue weighted by Crippen LogP contribution is -2.15. The zero-order chi connectivity index (χ0) is 16.5. The summed E-state index contributed by atoms with van der Waals surface area (Å²) in [5.41, 5.74) is 1.14. The lowest BCUT2D eigenvalue weighted by Gasteiger charge is -2.10. The van der Waals surface area contributed by atoms with E-state index in [1.165, 1.54) is 35.1 Å². The third-order valence-electron chi connectivity index (χ3n) is 4.16. The van der Waals surface area contributed by atoms with Gasteiger partial charge in [-0.15, -0.1) is 5.10 Å². The molecule has 3 heterocycles. The van der Waals surface area contributed by atoms with Crippen molar-refractivity contribution in [2.45, 2.75) is 42.6 Å². The van der Waals surface area contributed by atoms with Gasteiger partial charge in [-0.1, -0.05) is 36.2 Å². The maximum absolute atomic E-state index is 12.2. The first kappa shape index (κ1) is 15.6. The summed E-state index contributed by atoms with van der Waals surface area (Å²) < 4.78 is 3.35. The fourth-order valence-electron chi connectivity index (χ4n) is 3.00. The number of thioether (sulfide) groups is 1. The molecule has 3 aromatic heterocycles. The Labute approximate surface area is 147 Å². The molecule has 3 aromatic rings. The Morgan fingerprint density at radius 2 is 2.12 bits per heavy atom. The van der Waals surface area contributed by atoms with Crippen molar-refractivity contribution in [1.82, 2.24) is 29.6 Å². The van der Waals surface area contributed by atoms with Crippen LogP contribution < -0.4 is 5.56 Å². The van der Waals surface area contributed by atoms with Crippen LogP contribution >= 0.6 is 23.4 Å². The predicted molar refractivity (Wildman–Crippen MR) is 91.4 cm³/mol. The van der Waals surface area contributed by atoms with E-state index in [1.807, 2.05) is 4.68 Å². The van der Waals surface area contributed by atoms with Gasteiger partial charge in [-0.3, -0.25) is 9.20 Å². The van der Waals surface area contributed by atoms with Gasteiger partial charge in [0.25, 0.3) is 5.56 Å². The second-order valence-corrected chi connectivity index (χ2v) is 7.17. The summed E-state index contributed by atoms with van der Waals surface area (Å²) in [7, 11) is 0. The van der Waals surface area contributed by atoms with Gasteiger partial charge in [-0.05, 0) is 35.4 Å². The van der Waals surface area contributed by atoms with Crippen molar-refractivity contribution in [3.63, 3.8) is 0 Å². The topological polar surface area (TPSA) is 78.0 Å². The molecule has 24 heavy (non-hydrogen) atoms. The highest BCUT2D eigenvalue weighted by Gasteiger charge is 2.21. The number of nitrogens with zero attached hydrogens (tertiary/aromatic N) is 6. The standard InChI is InChI=1S/C15H15ClN6OS/c16-10-5-6-13-17-11(7-14(23)21(13)8-10)9-24-15-18-19-20-22(15)12-3-1-2-4-12/h5-8,12H,1-4,9H2. The minimum absolute atomic E-state index is 0.145. The summed E-state index contributed by atoms with van der Waals surface area (Å²) in [6.45, 7) is 0. The number of fused-ring (bicyclic) bond motifs is 1. The molecule has 0 bridgehead atoms. The Kier molecular flexibility index (Phi) is 4.24. The molecule has 0 unspecified atom stereocenters. The van der Waals surface area contributed by atoms with Crippen molar-refractivity contribution in [2.24, 2.45) is 0 Å². The van der Waals surface area contributed by atoms with Crippen molar-refractivity contribution >= 4 is 29.0 Å². The van der Waals surface area contributed by atoms with E-state index in [2.05, 4.69) is 20.5 Å². The summed E-state index contributed by atoms with van der Waals surface area (Å²) in [5, 5.41) is 13.3. The van der Waals surface area contributed by atoms with Gasteiger partial charge >= 0.3 is 0 Å². The van der Waals surface area contributed by atoms with E-state index in [0.717, 1.165) is 18.0 Å². The molecule has 9 heteroatoms. The van der Waals surface area contributed by atoms with E-state index in [9.17, 15) is 4.79 Å². The molecule has 0 radical (unpaired) electrons. The molecule has 1 saturated carbocycles. The molecule has 0 spiro atoms. The molecule has 0 amide bonds. The molecule has 0 saturated heterocycles. The molecular weight excluding hydrogens is 348 g/mol. The highest BCUT2D eigenvalue weighted by Crippen LogP contribution is 2.32. The van der Waals surface area contributed by atoms with Crippen molar-refractivity contribution in [1.29, 1.82) is 0 Å². The normalized spacial score (nSPS) is 15.4. The molecule has 0 N–H and O–H groups in total. The minimum Gasteiger partial charge on any atom is -0.269 e. The highest BCUT2D eigenvalue weighted by atomic mass is 35.5. The quantitative estimate of drug-likeness (QED) is 0.664. The summed E-state index contributed by atoms with van der Waals surface area (Å²) in [6, 6.07) is 5.38. The van der Waals surface area contributed by atoms with Crippen LogP contribution in [0.15, 0.2) is 34.3 Å². The first-order valence-corrected chi connectivity index (χ1v) is 9.15. The number of hydrogen-bond acceptors (Lipinski definition) is 6. The third kappa shape index (κ3) is 3.03. The summed E-state index contributed by atoms with van der Waals surface area (Å²) in [6.07, 6.45) is 6.26. The summed E-state index contributed by atoms with van der Waals surface area (Å²) in [4.78, 5) is 16.7. The highest BCUT2D eigenvalue weighted by molar-refractivity contribution is 7.98. The molecular formula is C15H15ClN6OS. The zero-order valence-electron chi connectivity index (χ0n) is 12.8. The van der Waals surface area contributed by atoms with Crippen LogP contribution in [0, 0.1) is 0 Å². The fraction of sp³-hybridized carbons (Fsp3) is 0.400. The Bertz CT molecular complexity index is 933. The Morgan fingerprint density at radius 1 is 1.29 bits per heavy atom. The smallest absolute Gasteiger partial charge is 0.258 e. The van der Waals surface area contributed by atoms with E-state index >= 15 is 0 Å². The van der Waals surface area contributed by atoms with Crippen molar-refractivity contribution < 1.29 is 0 Å². The average Bonchev–Trinajstić information content (AvgIpc) is 3.24. The van der Waals surface area contributed by atoms with E-state index in [4.69, 9.17) is 11.6 Å². The third-order valence-corrected chi connectivity index (χ3v) is 5.35. The first-order valence-electron chi connectivity index (χ1n) is 7.79. The van der Waals surface area contributed by atoms with E-state index in [0.29, 0.717) is 28.2 Å². The molecule has 0 aliphatic heterocycles. The monoisotopic (exact) mass is 362 g/mol. The second kappa shape index (κ2) is 6.52. The molecule has 1 fully saturated rings. The molecule has 0 atom stereocenters. The second-order valence-electron chi connectivity index (χ2n) is 5.79. The molecule has 7 nitrogen and oxygen atoms in total. The molecule has 0 aromatic carbocycles. The van der Waals surface area contributed by atoms with Crippen LogP contribution in [0.2, 0.25) is 5.02 Å². The number of halogens is 1. The Morgan fingerprint density at radius 3 is 2.96 bits per heavy atom. The van der Waals surface area contributed by atoms with Crippen LogP contribution in [0.4, 0.5) is 0 Å². The number of tetrazole rings is 1. The number of rotatable bonds is 4. The largest absolute Gasteiger partial charge is 0.269 e. The van der Waals surface area contributed by atoms with Crippen LogP contribution in [-0.2, 0) is 5.75 Å². The maximum Gasteiger partial charge on any atom is 0.258 e. The maximum atomic E-state index is 12.2.